The van der Waals surface area contributed by atoms with Gasteiger partial charge in [0.15, 0.2) is 5.78 Å². The summed E-state index contributed by atoms with van der Waals surface area (Å²) in [5.41, 5.74) is 11.9. The summed E-state index contributed by atoms with van der Waals surface area (Å²) in [4.78, 5) is 11.5. The number of rotatable bonds is 4. The van der Waals surface area contributed by atoms with Crippen molar-refractivity contribution in [3.63, 3.8) is 0 Å². The van der Waals surface area contributed by atoms with Crippen molar-refractivity contribution in [2.24, 2.45) is 5.73 Å². The first-order valence-corrected chi connectivity index (χ1v) is 5.14. The van der Waals surface area contributed by atoms with E-state index in [0.717, 1.165) is 6.42 Å². The first-order valence-electron chi connectivity index (χ1n) is 4.26. The average Bonchev–Trinajstić information content (AvgIpc) is 2.51. The predicted molar refractivity (Wildman–Crippen MR) is 55.9 cm³/mol. The van der Waals surface area contributed by atoms with Gasteiger partial charge in [0, 0.05) is 23.4 Å². The second kappa shape index (κ2) is 4.39. The summed E-state index contributed by atoms with van der Waals surface area (Å²) in [6.07, 6.45) is 1.23. The molecule has 0 radical (unpaired) electrons. The number of nitrogen functional groups attached to an aromatic ring is 1. The van der Waals surface area contributed by atoms with Crippen LogP contribution in [0.25, 0.3) is 0 Å². The fourth-order valence-electron chi connectivity index (χ4n) is 0.999. The molecule has 1 heterocycles. The molecule has 3 nitrogen and oxygen atoms in total. The SMILES string of the molecule is CCC(N)CC(=O)c1csc(N)c1. The normalized spacial score (nSPS) is 12.8. The quantitative estimate of drug-likeness (QED) is 0.723. The first kappa shape index (κ1) is 10.2. The molecule has 4 heteroatoms. The lowest BCUT2D eigenvalue weighted by Crippen LogP contribution is -2.22. The van der Waals surface area contributed by atoms with Crippen LogP contribution in [0.15, 0.2) is 11.4 Å². The molecule has 0 aliphatic rings. The van der Waals surface area contributed by atoms with Crippen molar-refractivity contribution in [2.75, 3.05) is 5.73 Å². The van der Waals surface area contributed by atoms with E-state index in [1.807, 2.05) is 6.92 Å². The molecule has 0 aromatic carbocycles. The van der Waals surface area contributed by atoms with Crippen LogP contribution >= 0.6 is 11.3 Å². The molecule has 0 spiro atoms. The predicted octanol–water partition coefficient (Wildman–Crippen LogP) is 1.64. The van der Waals surface area contributed by atoms with Crippen LogP contribution in [-0.4, -0.2) is 11.8 Å². The number of anilines is 1. The van der Waals surface area contributed by atoms with Crippen LogP contribution in [0.3, 0.4) is 0 Å². The van der Waals surface area contributed by atoms with E-state index in [2.05, 4.69) is 0 Å². The number of ketones is 1. The fraction of sp³-hybridized carbons (Fsp3) is 0.444. The number of nitrogens with two attached hydrogens (primary N) is 2. The molecule has 0 aliphatic heterocycles. The summed E-state index contributed by atoms with van der Waals surface area (Å²) in [5.74, 6) is 0.0855. The molecule has 0 saturated carbocycles. The zero-order valence-corrected chi connectivity index (χ0v) is 8.43. The smallest absolute Gasteiger partial charge is 0.165 e. The van der Waals surface area contributed by atoms with Gasteiger partial charge in [-0.25, -0.2) is 0 Å². The van der Waals surface area contributed by atoms with Crippen molar-refractivity contribution in [1.29, 1.82) is 0 Å². The van der Waals surface area contributed by atoms with Gasteiger partial charge in [-0.2, -0.15) is 0 Å². The summed E-state index contributed by atoms with van der Waals surface area (Å²) in [6.45, 7) is 1.97. The summed E-state index contributed by atoms with van der Waals surface area (Å²) in [5, 5.41) is 2.45. The van der Waals surface area contributed by atoms with Gasteiger partial charge in [-0.05, 0) is 12.5 Å². The zero-order chi connectivity index (χ0) is 9.84. The Labute approximate surface area is 81.7 Å². The lowest BCUT2D eigenvalue weighted by atomic mass is 10.1. The van der Waals surface area contributed by atoms with E-state index in [1.165, 1.54) is 11.3 Å². The Bertz CT molecular complexity index is 296. The van der Waals surface area contributed by atoms with Gasteiger partial charge < -0.3 is 11.5 Å². The highest BCUT2D eigenvalue weighted by atomic mass is 32.1. The van der Waals surface area contributed by atoms with Crippen LogP contribution in [0.5, 0.6) is 0 Å². The molecule has 0 bridgehead atoms. The highest BCUT2D eigenvalue weighted by Gasteiger charge is 2.11. The van der Waals surface area contributed by atoms with Crippen molar-refractivity contribution in [3.05, 3.63) is 17.0 Å². The van der Waals surface area contributed by atoms with Gasteiger partial charge in [-0.1, -0.05) is 6.92 Å². The molecule has 4 N–H and O–H groups in total. The highest BCUT2D eigenvalue weighted by molar-refractivity contribution is 7.14. The molecule has 1 rings (SSSR count). The van der Waals surface area contributed by atoms with Crippen LogP contribution < -0.4 is 11.5 Å². The van der Waals surface area contributed by atoms with Gasteiger partial charge in [0.25, 0.3) is 0 Å². The van der Waals surface area contributed by atoms with E-state index in [9.17, 15) is 4.79 Å². The molecule has 0 aliphatic carbocycles. The summed E-state index contributed by atoms with van der Waals surface area (Å²) < 4.78 is 0. The van der Waals surface area contributed by atoms with Gasteiger partial charge in [0.05, 0.1) is 5.00 Å². The number of carbonyl (C=O) groups excluding carboxylic acids is 1. The summed E-state index contributed by atoms with van der Waals surface area (Å²) >= 11 is 1.38. The van der Waals surface area contributed by atoms with Gasteiger partial charge in [0.1, 0.15) is 0 Å². The summed E-state index contributed by atoms with van der Waals surface area (Å²) in [7, 11) is 0. The van der Waals surface area contributed by atoms with E-state index in [4.69, 9.17) is 11.5 Å². The van der Waals surface area contributed by atoms with Crippen molar-refractivity contribution in [3.8, 4) is 0 Å². The third-order valence-corrected chi connectivity index (χ3v) is 2.68. The van der Waals surface area contributed by atoms with Crippen LogP contribution in [0, 0.1) is 0 Å². The standard InChI is InChI=1S/C9H14N2OS/c1-2-7(10)4-8(12)6-3-9(11)13-5-6/h3,5,7H,2,4,10-11H2,1H3. The van der Waals surface area contributed by atoms with E-state index in [-0.39, 0.29) is 11.8 Å². The Hall–Kier alpha value is -0.870. The number of hydrogen-bond acceptors (Lipinski definition) is 4. The van der Waals surface area contributed by atoms with Crippen LogP contribution in [0.1, 0.15) is 30.1 Å². The molecule has 1 atom stereocenters. The Kier molecular flexibility index (Phi) is 3.45. The lowest BCUT2D eigenvalue weighted by molar-refractivity contribution is 0.0974. The number of hydrogen-bond donors (Lipinski definition) is 2. The molecule has 0 fully saturated rings. The molecule has 72 valence electrons. The number of Topliss-reactive ketones (excluding diaryl/α,β-unsaturated/α-hetero) is 1. The maximum atomic E-state index is 11.5. The Morgan fingerprint density at radius 2 is 2.38 bits per heavy atom. The molecule has 1 unspecified atom stereocenters. The van der Waals surface area contributed by atoms with E-state index < -0.39 is 0 Å². The highest BCUT2D eigenvalue weighted by Crippen LogP contribution is 2.18. The molecule has 1 aromatic heterocycles. The molecule has 0 amide bonds. The molecular weight excluding hydrogens is 184 g/mol. The molecule has 0 saturated heterocycles. The van der Waals surface area contributed by atoms with Crippen molar-refractivity contribution < 1.29 is 4.79 Å². The van der Waals surface area contributed by atoms with Crippen LogP contribution in [0.2, 0.25) is 0 Å². The Morgan fingerprint density at radius 1 is 1.69 bits per heavy atom. The van der Waals surface area contributed by atoms with Crippen LogP contribution in [-0.2, 0) is 0 Å². The molecule has 1 aromatic rings. The lowest BCUT2D eigenvalue weighted by Gasteiger charge is -2.05. The minimum Gasteiger partial charge on any atom is -0.391 e. The fourth-order valence-corrected chi connectivity index (χ4v) is 1.66. The minimum atomic E-state index is -0.0337. The maximum Gasteiger partial charge on any atom is 0.165 e. The van der Waals surface area contributed by atoms with Crippen molar-refractivity contribution in [1.82, 2.24) is 0 Å². The average molecular weight is 198 g/mol. The van der Waals surface area contributed by atoms with Crippen LogP contribution in [0.4, 0.5) is 5.00 Å². The number of thiophene rings is 1. The van der Waals surface area contributed by atoms with Gasteiger partial charge in [-0.15, -0.1) is 11.3 Å². The second-order valence-electron chi connectivity index (χ2n) is 3.03. The number of carbonyl (C=O) groups is 1. The minimum absolute atomic E-state index is 0.0337. The van der Waals surface area contributed by atoms with E-state index in [1.54, 1.807) is 11.4 Å². The topological polar surface area (TPSA) is 69.1 Å². The van der Waals surface area contributed by atoms with Crippen molar-refractivity contribution in [2.45, 2.75) is 25.8 Å². The molecular formula is C9H14N2OS. The monoisotopic (exact) mass is 198 g/mol. The maximum absolute atomic E-state index is 11.5. The largest absolute Gasteiger partial charge is 0.391 e. The third-order valence-electron chi connectivity index (χ3n) is 1.91. The zero-order valence-electron chi connectivity index (χ0n) is 7.62. The Balaban J connectivity index is 2.58. The van der Waals surface area contributed by atoms with Gasteiger partial charge >= 0.3 is 0 Å². The summed E-state index contributed by atoms with van der Waals surface area (Å²) in [6, 6.07) is 1.67. The Morgan fingerprint density at radius 3 is 2.85 bits per heavy atom. The third kappa shape index (κ3) is 2.82. The van der Waals surface area contributed by atoms with Gasteiger partial charge in [-0.3, -0.25) is 4.79 Å². The van der Waals surface area contributed by atoms with Crippen molar-refractivity contribution >= 4 is 22.1 Å². The van der Waals surface area contributed by atoms with E-state index >= 15 is 0 Å². The second-order valence-corrected chi connectivity index (χ2v) is 3.98. The van der Waals surface area contributed by atoms with Gasteiger partial charge in [0.2, 0.25) is 0 Å². The first-order chi connectivity index (χ1) is 6.13. The molecule has 13 heavy (non-hydrogen) atoms. The van der Waals surface area contributed by atoms with E-state index in [0.29, 0.717) is 17.0 Å².